The molecule has 1 aromatic heterocycles. The van der Waals surface area contributed by atoms with Gasteiger partial charge in [0.2, 0.25) is 23.6 Å². The minimum absolute atomic E-state index is 0.0102. The lowest BCUT2D eigenvalue weighted by atomic mass is 10.0. The molecule has 4 aliphatic heterocycles. The van der Waals surface area contributed by atoms with E-state index in [0.29, 0.717) is 144 Å². The van der Waals surface area contributed by atoms with E-state index in [1.54, 1.807) is 30.3 Å². The molecule has 3 saturated heterocycles. The zero-order valence-corrected chi connectivity index (χ0v) is 44.0. The molecule has 0 saturated carbocycles. The van der Waals surface area contributed by atoms with E-state index in [1.807, 2.05) is 11.0 Å². The van der Waals surface area contributed by atoms with Gasteiger partial charge in [-0.3, -0.25) is 34.2 Å². The van der Waals surface area contributed by atoms with E-state index in [0.717, 1.165) is 63.2 Å². The van der Waals surface area contributed by atoms with E-state index in [-0.39, 0.29) is 35.8 Å². The van der Waals surface area contributed by atoms with Gasteiger partial charge in [0.05, 0.1) is 82.3 Å². The molecule has 23 heteroatoms. The molecule has 0 spiro atoms. The standard InChI is InChI=1S/C54H68ClFN10O11/c1-2-49(67)61-46-32-40-45(58-36-59-52(40)60-37-7-8-43(56)42(55)31-37)33-48(46)77-21-4-14-63-15-11-38(12-16-63)64-17-19-65(20-18-64)51(69)35-76-30-29-75-28-27-74-26-25-73-24-23-72-22-13-57-44-6-3-5-39-41(44)34-66(54(39)71)47-9-10-50(68)62-53(47)70/h2-3,5-8,31-33,36,38,47,57H,1,4,9-30,34-35H2,(H,61,67)(H,58,59,60)(H,62,68,70). The van der Waals surface area contributed by atoms with Crippen molar-refractivity contribution in [1.82, 2.24) is 34.9 Å². The molecular weight excluding hydrogens is 1020 g/mol. The van der Waals surface area contributed by atoms with Gasteiger partial charge in [-0.15, -0.1) is 0 Å². The van der Waals surface area contributed by atoms with E-state index in [4.69, 9.17) is 40.0 Å². The van der Waals surface area contributed by atoms with Gasteiger partial charge in [-0.2, -0.15) is 0 Å². The first kappa shape index (κ1) is 56.8. The Balaban J connectivity index is 0.607. The number of likely N-dealkylation sites (tertiary alicyclic amines) is 1. The molecule has 8 rings (SSSR count). The van der Waals surface area contributed by atoms with Crippen LogP contribution in [0.4, 0.5) is 27.3 Å². The van der Waals surface area contributed by atoms with Crippen LogP contribution < -0.4 is 26.0 Å². The predicted octanol–water partition coefficient (Wildman–Crippen LogP) is 4.62. The van der Waals surface area contributed by atoms with Crippen molar-refractivity contribution in [3.05, 3.63) is 89.5 Å². The Hall–Kier alpha value is -6.37. The highest BCUT2D eigenvalue weighted by molar-refractivity contribution is 6.31. The lowest BCUT2D eigenvalue weighted by molar-refractivity contribution is -0.139. The van der Waals surface area contributed by atoms with Gasteiger partial charge in [-0.25, -0.2) is 14.4 Å². The van der Waals surface area contributed by atoms with E-state index < -0.39 is 23.7 Å². The molecule has 5 amide bonds. The highest BCUT2D eigenvalue weighted by Crippen LogP contribution is 2.35. The average Bonchev–Trinajstić information content (AvgIpc) is 3.79. The molecule has 414 valence electrons. The van der Waals surface area contributed by atoms with Gasteiger partial charge >= 0.3 is 0 Å². The highest BCUT2D eigenvalue weighted by Gasteiger charge is 2.40. The summed E-state index contributed by atoms with van der Waals surface area (Å²) in [5.74, 6) is -0.963. The molecule has 1 atom stereocenters. The number of benzene rings is 3. The molecular formula is C54H68ClFN10O11. The summed E-state index contributed by atoms with van der Waals surface area (Å²) >= 11 is 5.99. The number of rotatable bonds is 29. The summed E-state index contributed by atoms with van der Waals surface area (Å²) in [6, 6.07) is 13.1. The van der Waals surface area contributed by atoms with Crippen LogP contribution in [0.5, 0.6) is 5.75 Å². The molecule has 21 nitrogen and oxygen atoms in total. The Morgan fingerprint density at radius 3 is 2.23 bits per heavy atom. The number of hydrogen-bond acceptors (Lipinski definition) is 17. The second kappa shape index (κ2) is 28.8. The van der Waals surface area contributed by atoms with Gasteiger partial charge in [0.15, 0.2) is 0 Å². The fraction of sp³-hybridized carbons (Fsp3) is 0.500. The molecule has 4 aromatic rings. The Labute approximate surface area is 452 Å². The lowest BCUT2D eigenvalue weighted by Gasteiger charge is -2.42. The first-order chi connectivity index (χ1) is 37.5. The van der Waals surface area contributed by atoms with Gasteiger partial charge < -0.3 is 59.1 Å². The van der Waals surface area contributed by atoms with Crippen molar-refractivity contribution in [2.75, 3.05) is 141 Å². The fourth-order valence-corrected chi connectivity index (χ4v) is 9.93. The second-order valence-corrected chi connectivity index (χ2v) is 19.3. The van der Waals surface area contributed by atoms with Gasteiger partial charge in [-0.05, 0) is 81.2 Å². The van der Waals surface area contributed by atoms with Gasteiger partial charge in [0, 0.05) is 92.2 Å². The number of fused-ring (bicyclic) bond motifs is 2. The molecule has 0 aliphatic carbocycles. The number of imide groups is 1. The third-order valence-corrected chi connectivity index (χ3v) is 14.1. The first-order valence-electron chi connectivity index (χ1n) is 26.2. The Morgan fingerprint density at radius 2 is 1.53 bits per heavy atom. The summed E-state index contributed by atoms with van der Waals surface area (Å²) in [4.78, 5) is 79.4. The van der Waals surface area contributed by atoms with Crippen molar-refractivity contribution >= 4 is 74.9 Å². The smallest absolute Gasteiger partial charge is 0.255 e. The molecule has 3 aromatic carbocycles. The number of nitrogens with zero attached hydrogens (tertiary/aromatic N) is 6. The second-order valence-electron chi connectivity index (χ2n) is 18.9. The predicted molar refractivity (Wildman–Crippen MR) is 286 cm³/mol. The van der Waals surface area contributed by atoms with Crippen LogP contribution in [0.1, 0.15) is 48.0 Å². The number of ether oxygens (including phenoxy) is 6. The van der Waals surface area contributed by atoms with Crippen LogP contribution >= 0.6 is 11.6 Å². The zero-order chi connectivity index (χ0) is 53.9. The third-order valence-electron chi connectivity index (χ3n) is 13.8. The first-order valence-corrected chi connectivity index (χ1v) is 26.6. The van der Waals surface area contributed by atoms with Crippen LogP contribution in [0.2, 0.25) is 5.02 Å². The third kappa shape index (κ3) is 16.1. The monoisotopic (exact) mass is 1090 g/mol. The summed E-state index contributed by atoms with van der Waals surface area (Å²) in [5, 5.41) is 12.2. The maximum Gasteiger partial charge on any atom is 0.255 e. The molecule has 1 unspecified atom stereocenters. The van der Waals surface area contributed by atoms with Gasteiger partial charge in [0.1, 0.15) is 36.4 Å². The minimum atomic E-state index is -0.655. The number of amides is 5. The van der Waals surface area contributed by atoms with E-state index in [1.165, 1.54) is 29.4 Å². The Kier molecular flexibility index (Phi) is 21.3. The molecule has 3 fully saturated rings. The summed E-state index contributed by atoms with van der Waals surface area (Å²) < 4.78 is 48.1. The number of hydrogen-bond donors (Lipinski definition) is 4. The SMILES string of the molecule is C=CC(=O)Nc1cc2c(Nc3ccc(F)c(Cl)c3)ncnc2cc1OCCCN1CCC(N2CCN(C(=O)COCCOCCOCCOCCOCCNc3cccc4c3CN(C3CCC(=O)NC3=O)C4=O)CC2)CC1. The van der Waals surface area contributed by atoms with Crippen molar-refractivity contribution in [3.8, 4) is 5.75 Å². The number of aromatic nitrogens is 2. The van der Waals surface area contributed by atoms with E-state index in [9.17, 15) is 28.4 Å². The normalized spacial score (nSPS) is 17.4. The van der Waals surface area contributed by atoms with Crippen LogP contribution in [0, 0.1) is 5.82 Å². The molecule has 77 heavy (non-hydrogen) atoms. The van der Waals surface area contributed by atoms with E-state index >= 15 is 0 Å². The number of carbonyl (C=O) groups excluding carboxylic acids is 5. The summed E-state index contributed by atoms with van der Waals surface area (Å²) in [6.07, 6.45) is 6.02. The van der Waals surface area contributed by atoms with Crippen molar-refractivity contribution in [2.45, 2.75) is 50.7 Å². The Morgan fingerprint density at radius 1 is 0.818 bits per heavy atom. The minimum Gasteiger partial charge on any atom is -0.491 e. The number of carbonyl (C=O) groups is 5. The quantitative estimate of drug-likeness (QED) is 0.0330. The maximum atomic E-state index is 13.8. The fourth-order valence-electron chi connectivity index (χ4n) is 9.75. The number of piperidine rings is 2. The number of anilines is 4. The molecule has 0 bridgehead atoms. The summed E-state index contributed by atoms with van der Waals surface area (Å²) in [5.41, 5.74) is 3.78. The molecule has 4 aliphatic rings. The number of piperazine rings is 1. The lowest BCUT2D eigenvalue weighted by Crippen LogP contribution is -2.54. The van der Waals surface area contributed by atoms with E-state index in [2.05, 4.69) is 47.6 Å². The van der Waals surface area contributed by atoms with Crippen molar-refractivity contribution < 1.29 is 56.8 Å². The summed E-state index contributed by atoms with van der Waals surface area (Å²) in [6.45, 7) is 14.3. The Bertz CT molecular complexity index is 2690. The number of nitrogens with one attached hydrogen (secondary N) is 4. The largest absolute Gasteiger partial charge is 0.491 e. The van der Waals surface area contributed by atoms with Crippen LogP contribution in [-0.2, 0) is 49.4 Å². The van der Waals surface area contributed by atoms with Crippen LogP contribution in [0.25, 0.3) is 10.9 Å². The maximum absolute atomic E-state index is 13.8. The van der Waals surface area contributed by atoms with Crippen molar-refractivity contribution in [2.24, 2.45) is 0 Å². The zero-order valence-electron chi connectivity index (χ0n) is 43.2. The van der Waals surface area contributed by atoms with Gasteiger partial charge in [-0.1, -0.05) is 24.2 Å². The van der Waals surface area contributed by atoms with Crippen LogP contribution in [-0.4, -0.2) is 196 Å². The van der Waals surface area contributed by atoms with Crippen molar-refractivity contribution in [1.29, 1.82) is 0 Å². The molecule has 5 heterocycles. The number of halogens is 2. The highest BCUT2D eigenvalue weighted by atomic mass is 35.5. The topological polar surface area (TPSA) is 228 Å². The van der Waals surface area contributed by atoms with Crippen LogP contribution in [0.3, 0.4) is 0 Å². The summed E-state index contributed by atoms with van der Waals surface area (Å²) in [7, 11) is 0. The molecule has 4 N–H and O–H groups in total. The van der Waals surface area contributed by atoms with Crippen molar-refractivity contribution in [3.63, 3.8) is 0 Å². The van der Waals surface area contributed by atoms with Crippen LogP contribution in [0.15, 0.2) is 67.5 Å². The van der Waals surface area contributed by atoms with Gasteiger partial charge in [0.25, 0.3) is 5.91 Å². The average molecular weight is 1090 g/mol. The molecule has 0 radical (unpaired) electrons.